The molecule has 0 saturated carbocycles. The van der Waals surface area contributed by atoms with Crippen LogP contribution in [0.15, 0.2) is 6.07 Å². The van der Waals surface area contributed by atoms with Gasteiger partial charge in [0.05, 0.1) is 18.2 Å². The second-order valence-electron chi connectivity index (χ2n) is 6.85. The summed E-state index contributed by atoms with van der Waals surface area (Å²) in [6.07, 6.45) is 1.60. The maximum absolute atomic E-state index is 11.2. The van der Waals surface area contributed by atoms with Gasteiger partial charge in [-0.25, -0.2) is 9.97 Å². The number of ether oxygens (including phenoxy) is 1. The van der Waals surface area contributed by atoms with E-state index in [4.69, 9.17) is 4.74 Å². The SMILES string of the molecule is COCc1cc(N2CCCC(C(=O)O)C2)nc(C(C)(C)C)n1. The Morgan fingerprint density at radius 2 is 2.18 bits per heavy atom. The van der Waals surface area contributed by atoms with Crippen LogP contribution in [0, 0.1) is 5.92 Å². The van der Waals surface area contributed by atoms with Crippen LogP contribution >= 0.6 is 0 Å². The molecule has 1 aromatic heterocycles. The first-order chi connectivity index (χ1) is 10.3. The average Bonchev–Trinajstić information content (AvgIpc) is 2.46. The van der Waals surface area contributed by atoms with Gasteiger partial charge in [-0.05, 0) is 12.8 Å². The zero-order chi connectivity index (χ0) is 16.3. The maximum Gasteiger partial charge on any atom is 0.308 e. The minimum absolute atomic E-state index is 0.166. The zero-order valence-corrected chi connectivity index (χ0v) is 13.8. The van der Waals surface area contributed by atoms with Gasteiger partial charge in [-0.1, -0.05) is 20.8 Å². The Morgan fingerprint density at radius 1 is 1.45 bits per heavy atom. The lowest BCUT2D eigenvalue weighted by Gasteiger charge is -2.32. The summed E-state index contributed by atoms with van der Waals surface area (Å²) in [4.78, 5) is 22.5. The highest BCUT2D eigenvalue weighted by Crippen LogP contribution is 2.26. The van der Waals surface area contributed by atoms with Crippen molar-refractivity contribution in [1.82, 2.24) is 9.97 Å². The Kier molecular flexibility index (Phi) is 5.01. The number of piperidine rings is 1. The Labute approximate surface area is 131 Å². The quantitative estimate of drug-likeness (QED) is 0.919. The predicted molar refractivity (Wildman–Crippen MR) is 84.0 cm³/mol. The van der Waals surface area contributed by atoms with Crippen LogP contribution in [-0.4, -0.2) is 41.2 Å². The van der Waals surface area contributed by atoms with Crippen molar-refractivity contribution in [3.05, 3.63) is 17.6 Å². The molecule has 1 saturated heterocycles. The first-order valence-electron chi connectivity index (χ1n) is 7.66. The molecule has 1 unspecified atom stereocenters. The van der Waals surface area contributed by atoms with Crippen molar-refractivity contribution in [2.24, 2.45) is 5.92 Å². The van der Waals surface area contributed by atoms with Crippen LogP contribution in [-0.2, 0) is 21.6 Å². The number of hydrogen-bond donors (Lipinski definition) is 1. The third-order valence-electron chi connectivity index (χ3n) is 3.82. The van der Waals surface area contributed by atoms with Gasteiger partial charge in [0.15, 0.2) is 0 Å². The monoisotopic (exact) mass is 307 g/mol. The average molecular weight is 307 g/mol. The van der Waals surface area contributed by atoms with Gasteiger partial charge >= 0.3 is 5.97 Å². The highest BCUT2D eigenvalue weighted by atomic mass is 16.5. The first-order valence-corrected chi connectivity index (χ1v) is 7.66. The topological polar surface area (TPSA) is 75.5 Å². The van der Waals surface area contributed by atoms with Crippen LogP contribution in [0.5, 0.6) is 0 Å². The fourth-order valence-corrected chi connectivity index (χ4v) is 2.59. The number of aliphatic carboxylic acids is 1. The molecule has 0 aromatic carbocycles. The molecule has 1 aliphatic rings. The standard InChI is InChI=1S/C16H25N3O3/c1-16(2,3)15-17-12(10-22-4)8-13(18-15)19-7-5-6-11(9-19)14(20)21/h8,11H,5-7,9-10H2,1-4H3,(H,20,21). The van der Waals surface area contributed by atoms with Gasteiger partial charge in [0.1, 0.15) is 11.6 Å². The number of rotatable bonds is 4. The molecule has 1 atom stereocenters. The summed E-state index contributed by atoms with van der Waals surface area (Å²) < 4.78 is 5.19. The number of nitrogens with zero attached hydrogens (tertiary/aromatic N) is 3. The van der Waals surface area contributed by atoms with E-state index in [9.17, 15) is 9.90 Å². The molecule has 6 heteroatoms. The molecule has 2 heterocycles. The number of methoxy groups -OCH3 is 1. The van der Waals surface area contributed by atoms with Crippen LogP contribution < -0.4 is 4.90 Å². The molecule has 0 bridgehead atoms. The number of hydrogen-bond acceptors (Lipinski definition) is 5. The van der Waals surface area contributed by atoms with Crippen LogP contribution in [0.4, 0.5) is 5.82 Å². The van der Waals surface area contributed by atoms with Gasteiger partial charge < -0.3 is 14.7 Å². The number of carboxylic acids is 1. The minimum atomic E-state index is -0.730. The molecule has 122 valence electrons. The van der Waals surface area contributed by atoms with E-state index in [2.05, 4.69) is 35.6 Å². The predicted octanol–water partition coefficient (Wildman–Crippen LogP) is 2.22. The van der Waals surface area contributed by atoms with E-state index in [1.54, 1.807) is 7.11 Å². The Hall–Kier alpha value is -1.69. The largest absolute Gasteiger partial charge is 0.481 e. The molecule has 2 rings (SSSR count). The highest BCUT2D eigenvalue weighted by molar-refractivity contribution is 5.71. The van der Waals surface area contributed by atoms with Crippen molar-refractivity contribution in [2.45, 2.75) is 45.6 Å². The maximum atomic E-state index is 11.2. The van der Waals surface area contributed by atoms with Crippen LogP contribution in [0.2, 0.25) is 0 Å². The molecule has 22 heavy (non-hydrogen) atoms. The van der Waals surface area contributed by atoms with Gasteiger partial charge in [-0.15, -0.1) is 0 Å². The van der Waals surface area contributed by atoms with E-state index in [1.807, 2.05) is 6.07 Å². The zero-order valence-electron chi connectivity index (χ0n) is 13.8. The van der Waals surface area contributed by atoms with E-state index in [-0.39, 0.29) is 11.3 Å². The lowest BCUT2D eigenvalue weighted by molar-refractivity contribution is -0.141. The minimum Gasteiger partial charge on any atom is -0.481 e. The first kappa shape index (κ1) is 16.7. The Morgan fingerprint density at radius 3 is 2.77 bits per heavy atom. The number of aromatic nitrogens is 2. The van der Waals surface area contributed by atoms with Crippen LogP contribution in [0.3, 0.4) is 0 Å². The molecule has 0 spiro atoms. The van der Waals surface area contributed by atoms with Crippen molar-refractivity contribution >= 4 is 11.8 Å². The fourth-order valence-electron chi connectivity index (χ4n) is 2.59. The molecule has 1 fully saturated rings. The molecule has 0 aliphatic carbocycles. The van der Waals surface area contributed by atoms with E-state index < -0.39 is 5.97 Å². The number of anilines is 1. The van der Waals surface area contributed by atoms with Crippen molar-refractivity contribution in [2.75, 3.05) is 25.1 Å². The molecule has 0 amide bonds. The summed E-state index contributed by atoms with van der Waals surface area (Å²) >= 11 is 0. The summed E-state index contributed by atoms with van der Waals surface area (Å²) in [7, 11) is 1.64. The summed E-state index contributed by atoms with van der Waals surface area (Å²) in [6.45, 7) is 7.96. The molecule has 1 aliphatic heterocycles. The van der Waals surface area contributed by atoms with E-state index in [1.165, 1.54) is 0 Å². The van der Waals surface area contributed by atoms with Crippen molar-refractivity contribution in [3.63, 3.8) is 0 Å². The smallest absolute Gasteiger partial charge is 0.308 e. The van der Waals surface area contributed by atoms with E-state index >= 15 is 0 Å². The molecule has 1 N–H and O–H groups in total. The van der Waals surface area contributed by atoms with Crippen molar-refractivity contribution in [3.8, 4) is 0 Å². The van der Waals surface area contributed by atoms with E-state index in [0.717, 1.165) is 36.7 Å². The van der Waals surface area contributed by atoms with Gasteiger partial charge in [0.25, 0.3) is 0 Å². The molecule has 0 radical (unpaired) electrons. The second-order valence-corrected chi connectivity index (χ2v) is 6.85. The fraction of sp³-hybridized carbons (Fsp3) is 0.688. The third kappa shape index (κ3) is 3.94. The second kappa shape index (κ2) is 6.60. The number of carbonyl (C=O) groups is 1. The van der Waals surface area contributed by atoms with Crippen molar-refractivity contribution < 1.29 is 14.6 Å². The lowest BCUT2D eigenvalue weighted by atomic mass is 9.95. The van der Waals surface area contributed by atoms with Crippen LogP contribution in [0.1, 0.15) is 45.1 Å². The Bertz CT molecular complexity index is 540. The van der Waals surface area contributed by atoms with Gasteiger partial charge in [-0.2, -0.15) is 0 Å². The lowest BCUT2D eigenvalue weighted by Crippen LogP contribution is -2.39. The summed E-state index contributed by atoms with van der Waals surface area (Å²) in [6, 6.07) is 1.91. The van der Waals surface area contributed by atoms with Gasteiger partial charge in [0, 0.05) is 31.7 Å². The Balaban J connectivity index is 2.32. The third-order valence-corrected chi connectivity index (χ3v) is 3.82. The normalized spacial score (nSPS) is 19.3. The summed E-state index contributed by atoms with van der Waals surface area (Å²) in [5, 5.41) is 9.25. The molecular formula is C16H25N3O3. The molecule has 6 nitrogen and oxygen atoms in total. The van der Waals surface area contributed by atoms with Crippen LogP contribution in [0.25, 0.3) is 0 Å². The van der Waals surface area contributed by atoms with E-state index in [0.29, 0.717) is 13.2 Å². The summed E-state index contributed by atoms with van der Waals surface area (Å²) in [5.41, 5.74) is 0.662. The van der Waals surface area contributed by atoms with Crippen molar-refractivity contribution in [1.29, 1.82) is 0 Å². The van der Waals surface area contributed by atoms with Gasteiger partial charge in [0.2, 0.25) is 0 Å². The van der Waals surface area contributed by atoms with Gasteiger partial charge in [-0.3, -0.25) is 4.79 Å². The number of carboxylic acid groups (broad SMARTS) is 1. The molecule has 1 aromatic rings. The molecular weight excluding hydrogens is 282 g/mol. The summed E-state index contributed by atoms with van der Waals surface area (Å²) in [5.74, 6) is 0.506. The highest BCUT2D eigenvalue weighted by Gasteiger charge is 2.27.